The first-order valence-corrected chi connectivity index (χ1v) is 5.70. The van der Waals surface area contributed by atoms with Crippen molar-refractivity contribution < 1.29 is 9.66 Å². The standard InChI is InChI=1S/C11H14N2O3S/c1-3-12(4-2)11(17)16-10-7-5-9(6-8-10)13(14)15/h5-8H,3-4H2,1-2H3. The van der Waals surface area contributed by atoms with Gasteiger partial charge in [0.2, 0.25) is 0 Å². The van der Waals surface area contributed by atoms with Crippen LogP contribution in [-0.2, 0) is 0 Å². The van der Waals surface area contributed by atoms with E-state index in [0.29, 0.717) is 10.9 Å². The second-order valence-electron chi connectivity index (χ2n) is 3.29. The van der Waals surface area contributed by atoms with E-state index in [1.165, 1.54) is 24.3 Å². The largest absolute Gasteiger partial charge is 0.432 e. The van der Waals surface area contributed by atoms with Crippen LogP contribution in [0.1, 0.15) is 13.8 Å². The molecule has 0 aliphatic heterocycles. The monoisotopic (exact) mass is 254 g/mol. The van der Waals surface area contributed by atoms with Crippen LogP contribution in [0.5, 0.6) is 5.75 Å². The summed E-state index contributed by atoms with van der Waals surface area (Å²) in [7, 11) is 0. The van der Waals surface area contributed by atoms with Gasteiger partial charge < -0.3 is 9.64 Å². The molecule has 0 atom stereocenters. The number of non-ortho nitro benzene ring substituents is 1. The maximum absolute atomic E-state index is 10.5. The Morgan fingerprint density at radius 3 is 2.29 bits per heavy atom. The number of thiocarbonyl (C=S) groups is 1. The molecular weight excluding hydrogens is 240 g/mol. The van der Waals surface area contributed by atoms with Gasteiger partial charge in [-0.05, 0) is 38.2 Å². The third-order valence-corrected chi connectivity index (χ3v) is 2.62. The number of ether oxygens (including phenoxy) is 1. The summed E-state index contributed by atoms with van der Waals surface area (Å²) >= 11 is 5.11. The van der Waals surface area contributed by atoms with Crippen LogP contribution in [0.15, 0.2) is 24.3 Å². The Hall–Kier alpha value is -1.69. The quantitative estimate of drug-likeness (QED) is 0.469. The molecule has 17 heavy (non-hydrogen) atoms. The van der Waals surface area contributed by atoms with Crippen molar-refractivity contribution in [2.45, 2.75) is 13.8 Å². The van der Waals surface area contributed by atoms with Crippen molar-refractivity contribution >= 4 is 23.1 Å². The van der Waals surface area contributed by atoms with E-state index in [2.05, 4.69) is 0 Å². The van der Waals surface area contributed by atoms with E-state index in [1.807, 2.05) is 18.7 Å². The van der Waals surface area contributed by atoms with Gasteiger partial charge in [-0.15, -0.1) is 0 Å². The van der Waals surface area contributed by atoms with Gasteiger partial charge in [0.1, 0.15) is 5.75 Å². The first-order chi connectivity index (χ1) is 8.08. The van der Waals surface area contributed by atoms with Crippen LogP contribution >= 0.6 is 12.2 Å². The minimum atomic E-state index is -0.452. The lowest BCUT2D eigenvalue weighted by Gasteiger charge is -2.20. The summed E-state index contributed by atoms with van der Waals surface area (Å²) in [4.78, 5) is 11.9. The summed E-state index contributed by atoms with van der Waals surface area (Å²) in [6.45, 7) is 5.49. The molecule has 0 saturated carbocycles. The number of nitro groups is 1. The summed E-state index contributed by atoms with van der Waals surface area (Å²) in [6.07, 6.45) is 0. The van der Waals surface area contributed by atoms with E-state index >= 15 is 0 Å². The van der Waals surface area contributed by atoms with Crippen LogP contribution < -0.4 is 4.74 Å². The van der Waals surface area contributed by atoms with Gasteiger partial charge in [-0.2, -0.15) is 0 Å². The molecule has 0 unspecified atom stereocenters. The average molecular weight is 254 g/mol. The molecule has 1 aromatic rings. The van der Waals surface area contributed by atoms with Crippen molar-refractivity contribution in [1.82, 2.24) is 4.90 Å². The Labute approximate surface area is 105 Å². The Morgan fingerprint density at radius 1 is 1.35 bits per heavy atom. The van der Waals surface area contributed by atoms with Gasteiger partial charge in [-0.3, -0.25) is 10.1 Å². The molecule has 0 N–H and O–H groups in total. The van der Waals surface area contributed by atoms with Gasteiger partial charge in [0, 0.05) is 25.2 Å². The number of hydrogen-bond acceptors (Lipinski definition) is 4. The lowest BCUT2D eigenvalue weighted by atomic mass is 10.3. The third-order valence-electron chi connectivity index (χ3n) is 2.27. The highest BCUT2D eigenvalue weighted by molar-refractivity contribution is 7.80. The molecule has 0 aromatic heterocycles. The average Bonchev–Trinajstić information content (AvgIpc) is 2.31. The lowest BCUT2D eigenvalue weighted by molar-refractivity contribution is -0.384. The zero-order chi connectivity index (χ0) is 12.8. The van der Waals surface area contributed by atoms with E-state index in [4.69, 9.17) is 17.0 Å². The van der Waals surface area contributed by atoms with E-state index < -0.39 is 4.92 Å². The van der Waals surface area contributed by atoms with Crippen LogP contribution in [0.3, 0.4) is 0 Å². The van der Waals surface area contributed by atoms with Crippen molar-refractivity contribution in [2.75, 3.05) is 13.1 Å². The minimum Gasteiger partial charge on any atom is -0.432 e. The first kappa shape index (κ1) is 13.4. The Bertz CT molecular complexity index is 402. The van der Waals surface area contributed by atoms with E-state index in [9.17, 15) is 10.1 Å². The van der Waals surface area contributed by atoms with E-state index in [0.717, 1.165) is 13.1 Å². The second-order valence-corrected chi connectivity index (χ2v) is 3.64. The maximum Gasteiger partial charge on any atom is 0.269 e. The molecule has 0 saturated heterocycles. The van der Waals surface area contributed by atoms with E-state index in [1.54, 1.807) is 0 Å². The lowest BCUT2D eigenvalue weighted by Crippen LogP contribution is -2.32. The summed E-state index contributed by atoms with van der Waals surface area (Å²) in [6, 6.07) is 5.85. The number of rotatable bonds is 4. The van der Waals surface area contributed by atoms with Gasteiger partial charge in [-0.25, -0.2) is 0 Å². The minimum absolute atomic E-state index is 0.0334. The van der Waals surface area contributed by atoms with Crippen molar-refractivity contribution in [2.24, 2.45) is 0 Å². The molecule has 0 spiro atoms. The normalized spacial score (nSPS) is 9.76. The molecule has 0 aliphatic carbocycles. The van der Waals surface area contributed by atoms with Gasteiger partial charge in [0.25, 0.3) is 10.9 Å². The molecule has 0 amide bonds. The summed E-state index contributed by atoms with van der Waals surface area (Å²) in [5.41, 5.74) is 0.0334. The fraction of sp³-hybridized carbons (Fsp3) is 0.364. The summed E-state index contributed by atoms with van der Waals surface area (Å²) in [5.74, 6) is 0.507. The number of nitrogens with zero attached hydrogens (tertiary/aromatic N) is 2. The van der Waals surface area contributed by atoms with Gasteiger partial charge in [0.15, 0.2) is 0 Å². The highest BCUT2D eigenvalue weighted by atomic mass is 32.1. The fourth-order valence-corrected chi connectivity index (χ4v) is 1.64. The molecule has 5 nitrogen and oxygen atoms in total. The maximum atomic E-state index is 10.5. The SMILES string of the molecule is CCN(CC)C(=S)Oc1ccc([N+](=O)[O-])cc1. The molecule has 0 aliphatic rings. The fourth-order valence-electron chi connectivity index (χ4n) is 1.28. The van der Waals surface area contributed by atoms with Crippen molar-refractivity contribution in [3.05, 3.63) is 34.4 Å². The summed E-state index contributed by atoms with van der Waals surface area (Å²) in [5, 5.41) is 10.8. The second kappa shape index (κ2) is 6.15. The number of hydrogen-bond donors (Lipinski definition) is 0. The Kier molecular flexibility index (Phi) is 4.84. The molecule has 1 rings (SSSR count). The summed E-state index contributed by atoms with van der Waals surface area (Å²) < 4.78 is 5.43. The van der Waals surface area contributed by atoms with Gasteiger partial charge >= 0.3 is 0 Å². The van der Waals surface area contributed by atoms with Crippen molar-refractivity contribution in [3.8, 4) is 5.75 Å². The zero-order valence-corrected chi connectivity index (χ0v) is 10.6. The predicted octanol–water partition coefficient (Wildman–Crippen LogP) is 2.60. The third kappa shape index (κ3) is 3.67. The highest BCUT2D eigenvalue weighted by Crippen LogP contribution is 2.18. The van der Waals surface area contributed by atoms with Crippen LogP contribution in [0.2, 0.25) is 0 Å². The van der Waals surface area contributed by atoms with Crippen molar-refractivity contribution in [3.63, 3.8) is 0 Å². The first-order valence-electron chi connectivity index (χ1n) is 5.29. The van der Waals surface area contributed by atoms with Gasteiger partial charge in [0.05, 0.1) is 4.92 Å². The number of benzene rings is 1. The molecule has 92 valence electrons. The smallest absolute Gasteiger partial charge is 0.269 e. The van der Waals surface area contributed by atoms with Gasteiger partial charge in [-0.1, -0.05) is 0 Å². The molecule has 1 aromatic carbocycles. The Morgan fingerprint density at radius 2 is 1.88 bits per heavy atom. The van der Waals surface area contributed by atoms with Crippen molar-refractivity contribution in [1.29, 1.82) is 0 Å². The number of nitro benzene ring substituents is 1. The highest BCUT2D eigenvalue weighted by Gasteiger charge is 2.09. The topological polar surface area (TPSA) is 55.6 Å². The Balaban J connectivity index is 2.69. The van der Waals surface area contributed by atoms with Crippen LogP contribution in [-0.4, -0.2) is 28.1 Å². The predicted molar refractivity (Wildman–Crippen MR) is 69.2 cm³/mol. The van der Waals surface area contributed by atoms with Crippen LogP contribution in [0.4, 0.5) is 5.69 Å². The molecule has 0 fully saturated rings. The molecule has 0 bridgehead atoms. The zero-order valence-electron chi connectivity index (χ0n) is 9.75. The van der Waals surface area contributed by atoms with Crippen LogP contribution in [0.25, 0.3) is 0 Å². The van der Waals surface area contributed by atoms with E-state index in [-0.39, 0.29) is 5.69 Å². The molecular formula is C11H14N2O3S. The van der Waals surface area contributed by atoms with Crippen LogP contribution in [0, 0.1) is 10.1 Å². The molecule has 0 radical (unpaired) electrons. The molecule has 6 heteroatoms. The molecule has 0 heterocycles.